The molecule has 0 spiro atoms. The van der Waals surface area contributed by atoms with E-state index in [0.29, 0.717) is 6.54 Å². The summed E-state index contributed by atoms with van der Waals surface area (Å²) in [6, 6.07) is -0.249. The van der Waals surface area contributed by atoms with E-state index < -0.39 is 0 Å². The molecule has 1 amide bonds. The van der Waals surface area contributed by atoms with Crippen LogP contribution in [0.1, 0.15) is 33.6 Å². The topological polar surface area (TPSA) is 63.4 Å². The van der Waals surface area contributed by atoms with Gasteiger partial charge in [-0.15, -0.1) is 0 Å². The third-order valence-corrected chi connectivity index (χ3v) is 2.79. The van der Waals surface area contributed by atoms with Gasteiger partial charge in [0, 0.05) is 12.0 Å². The van der Waals surface area contributed by atoms with Crippen molar-refractivity contribution in [3.63, 3.8) is 0 Å². The van der Waals surface area contributed by atoms with Crippen molar-refractivity contribution in [1.29, 1.82) is 0 Å². The van der Waals surface area contributed by atoms with Crippen LogP contribution in [0.25, 0.3) is 0 Å². The number of ketones is 1. The van der Waals surface area contributed by atoms with Gasteiger partial charge in [0.25, 0.3) is 0 Å². The molecule has 0 bridgehead atoms. The zero-order valence-electron chi connectivity index (χ0n) is 9.75. The second kappa shape index (κ2) is 4.31. The summed E-state index contributed by atoms with van der Waals surface area (Å²) in [5.41, 5.74) is 4.93. The predicted molar refractivity (Wildman–Crippen MR) is 58.3 cm³/mol. The quantitative estimate of drug-likeness (QED) is 0.727. The number of carbonyl (C=O) groups is 2. The first-order valence-corrected chi connectivity index (χ1v) is 5.42. The molecule has 1 rings (SSSR count). The normalized spacial score (nSPS) is 21.9. The van der Waals surface area contributed by atoms with Crippen molar-refractivity contribution in [2.24, 2.45) is 11.1 Å². The molecule has 15 heavy (non-hydrogen) atoms. The van der Waals surface area contributed by atoms with Crippen LogP contribution in [0, 0.1) is 5.41 Å². The molecule has 1 aliphatic heterocycles. The third kappa shape index (κ3) is 2.56. The van der Waals surface area contributed by atoms with E-state index in [-0.39, 0.29) is 29.7 Å². The average Bonchev–Trinajstić information content (AvgIpc) is 2.62. The van der Waals surface area contributed by atoms with Crippen LogP contribution < -0.4 is 5.73 Å². The van der Waals surface area contributed by atoms with Gasteiger partial charge in [-0.1, -0.05) is 20.8 Å². The molecule has 1 fully saturated rings. The molecule has 2 N–H and O–H groups in total. The highest BCUT2D eigenvalue weighted by Gasteiger charge is 2.38. The highest BCUT2D eigenvalue weighted by atomic mass is 16.2. The molecule has 0 radical (unpaired) electrons. The summed E-state index contributed by atoms with van der Waals surface area (Å²) >= 11 is 0. The summed E-state index contributed by atoms with van der Waals surface area (Å²) in [6.45, 7) is 6.33. The Morgan fingerprint density at radius 2 is 2.00 bits per heavy atom. The number of amides is 1. The van der Waals surface area contributed by atoms with Crippen molar-refractivity contribution < 1.29 is 9.59 Å². The number of carbonyl (C=O) groups excluding carboxylic acids is 2. The lowest BCUT2D eigenvalue weighted by molar-refractivity contribution is -0.139. The van der Waals surface area contributed by atoms with Crippen LogP contribution in [0.15, 0.2) is 0 Å². The fraction of sp³-hybridized carbons (Fsp3) is 0.818. The number of nitrogens with zero attached hydrogens (tertiary/aromatic N) is 1. The van der Waals surface area contributed by atoms with Gasteiger partial charge in [0.05, 0.1) is 12.6 Å². The molecule has 86 valence electrons. The van der Waals surface area contributed by atoms with Crippen LogP contribution >= 0.6 is 0 Å². The van der Waals surface area contributed by atoms with Gasteiger partial charge in [-0.2, -0.15) is 0 Å². The minimum Gasteiger partial charge on any atom is -0.332 e. The largest absolute Gasteiger partial charge is 0.332 e. The lowest BCUT2D eigenvalue weighted by Gasteiger charge is -2.28. The van der Waals surface area contributed by atoms with E-state index >= 15 is 0 Å². The first kappa shape index (κ1) is 12.2. The van der Waals surface area contributed by atoms with Gasteiger partial charge in [-0.3, -0.25) is 9.59 Å². The Balaban J connectivity index is 2.77. The Morgan fingerprint density at radius 3 is 2.47 bits per heavy atom. The minimum atomic E-state index is -0.387. The van der Waals surface area contributed by atoms with Crippen LogP contribution in [0.4, 0.5) is 0 Å². The van der Waals surface area contributed by atoms with E-state index in [0.717, 1.165) is 12.8 Å². The highest BCUT2D eigenvalue weighted by molar-refractivity contribution is 5.93. The SMILES string of the molecule is CC(C)(C)C(=O)C1CCCN1C(=O)CN. The summed E-state index contributed by atoms with van der Waals surface area (Å²) in [7, 11) is 0. The number of nitrogens with two attached hydrogens (primary N) is 1. The number of Topliss-reactive ketones (excluding diaryl/α,β-unsaturated/α-hetero) is 1. The molecule has 4 nitrogen and oxygen atoms in total. The van der Waals surface area contributed by atoms with Gasteiger partial charge < -0.3 is 10.6 Å². The van der Waals surface area contributed by atoms with E-state index in [1.54, 1.807) is 4.90 Å². The lowest BCUT2D eigenvalue weighted by atomic mass is 9.85. The van der Waals surface area contributed by atoms with E-state index in [4.69, 9.17) is 5.73 Å². The Kier molecular flexibility index (Phi) is 3.50. The molecule has 0 aromatic heterocycles. The fourth-order valence-corrected chi connectivity index (χ4v) is 1.95. The van der Waals surface area contributed by atoms with Gasteiger partial charge in [0.15, 0.2) is 5.78 Å². The Labute approximate surface area is 90.8 Å². The lowest BCUT2D eigenvalue weighted by Crippen LogP contribution is -2.46. The highest BCUT2D eigenvalue weighted by Crippen LogP contribution is 2.26. The molecule has 1 atom stereocenters. The fourth-order valence-electron chi connectivity index (χ4n) is 1.95. The van der Waals surface area contributed by atoms with Crippen molar-refractivity contribution in [2.75, 3.05) is 13.1 Å². The molecule has 0 saturated carbocycles. The monoisotopic (exact) mass is 212 g/mol. The maximum Gasteiger partial charge on any atom is 0.236 e. The Bertz CT molecular complexity index is 268. The third-order valence-electron chi connectivity index (χ3n) is 2.79. The molecule has 0 aromatic rings. The van der Waals surface area contributed by atoms with E-state index in [9.17, 15) is 9.59 Å². The van der Waals surface area contributed by atoms with Crippen LogP contribution in [0.2, 0.25) is 0 Å². The average molecular weight is 212 g/mol. The van der Waals surface area contributed by atoms with Crippen LogP contribution in [-0.4, -0.2) is 35.7 Å². The second-order valence-corrected chi connectivity index (χ2v) is 5.06. The summed E-state index contributed by atoms with van der Waals surface area (Å²) in [5.74, 6) is 0.0249. The molecule has 0 aliphatic carbocycles. The minimum absolute atomic E-state index is 0.00603. The summed E-state index contributed by atoms with van der Waals surface area (Å²) < 4.78 is 0. The van der Waals surface area contributed by atoms with Crippen molar-refractivity contribution >= 4 is 11.7 Å². The van der Waals surface area contributed by atoms with Crippen LogP contribution in [0.3, 0.4) is 0 Å². The van der Waals surface area contributed by atoms with Crippen LogP contribution in [-0.2, 0) is 9.59 Å². The Hall–Kier alpha value is -0.900. The van der Waals surface area contributed by atoms with Crippen molar-refractivity contribution in [3.05, 3.63) is 0 Å². The maximum absolute atomic E-state index is 12.1. The number of hydrogen-bond acceptors (Lipinski definition) is 3. The molecular weight excluding hydrogens is 192 g/mol. The molecule has 1 heterocycles. The van der Waals surface area contributed by atoms with Crippen molar-refractivity contribution in [3.8, 4) is 0 Å². The first-order chi connectivity index (χ1) is 6.88. The molecule has 1 saturated heterocycles. The van der Waals surface area contributed by atoms with Gasteiger partial charge in [-0.05, 0) is 12.8 Å². The smallest absolute Gasteiger partial charge is 0.236 e. The second-order valence-electron chi connectivity index (χ2n) is 5.06. The molecular formula is C11H20N2O2. The summed E-state index contributed by atoms with van der Waals surface area (Å²) in [6.07, 6.45) is 1.68. The number of rotatable bonds is 2. The Morgan fingerprint density at radius 1 is 1.40 bits per heavy atom. The molecule has 0 aromatic carbocycles. The number of likely N-dealkylation sites (tertiary alicyclic amines) is 1. The van der Waals surface area contributed by atoms with Gasteiger partial charge >= 0.3 is 0 Å². The predicted octanol–water partition coefficient (Wildman–Crippen LogP) is 0.551. The summed E-state index contributed by atoms with van der Waals surface area (Å²) in [4.78, 5) is 25.2. The van der Waals surface area contributed by atoms with E-state index in [1.807, 2.05) is 20.8 Å². The molecule has 1 unspecified atom stereocenters. The van der Waals surface area contributed by atoms with Gasteiger partial charge in [0.2, 0.25) is 5.91 Å². The summed E-state index contributed by atoms with van der Waals surface area (Å²) in [5, 5.41) is 0. The van der Waals surface area contributed by atoms with E-state index in [2.05, 4.69) is 0 Å². The zero-order valence-corrected chi connectivity index (χ0v) is 9.75. The van der Waals surface area contributed by atoms with Crippen molar-refractivity contribution in [2.45, 2.75) is 39.7 Å². The first-order valence-electron chi connectivity index (χ1n) is 5.42. The van der Waals surface area contributed by atoms with Crippen LogP contribution in [0.5, 0.6) is 0 Å². The molecule has 1 aliphatic rings. The van der Waals surface area contributed by atoms with Gasteiger partial charge in [0.1, 0.15) is 0 Å². The molecule has 4 heteroatoms. The number of hydrogen-bond donors (Lipinski definition) is 1. The van der Waals surface area contributed by atoms with Crippen molar-refractivity contribution in [1.82, 2.24) is 4.90 Å². The standard InChI is InChI=1S/C11H20N2O2/c1-11(2,3)10(15)8-5-4-6-13(8)9(14)7-12/h8H,4-7,12H2,1-3H3. The zero-order chi connectivity index (χ0) is 11.6. The van der Waals surface area contributed by atoms with E-state index in [1.165, 1.54) is 0 Å². The maximum atomic E-state index is 12.1. The van der Waals surface area contributed by atoms with Gasteiger partial charge in [-0.25, -0.2) is 0 Å².